The highest BCUT2D eigenvalue weighted by molar-refractivity contribution is 5.06. The van der Waals surface area contributed by atoms with Gasteiger partial charge in [0.1, 0.15) is 0 Å². The monoisotopic (exact) mass is 264 g/mol. The van der Waals surface area contributed by atoms with Crippen LogP contribution in [0.2, 0.25) is 0 Å². The molecule has 3 saturated carbocycles. The summed E-state index contributed by atoms with van der Waals surface area (Å²) in [6.45, 7) is 7.66. The van der Waals surface area contributed by atoms with Crippen molar-refractivity contribution in [3.8, 4) is 0 Å². The average Bonchev–Trinajstić information content (AvgIpc) is 2.59. The average molecular weight is 264 g/mol. The van der Waals surface area contributed by atoms with Gasteiger partial charge in [-0.05, 0) is 73.5 Å². The summed E-state index contributed by atoms with van der Waals surface area (Å²) in [5.41, 5.74) is 1.12. The van der Waals surface area contributed by atoms with Crippen molar-refractivity contribution < 1.29 is 5.11 Å². The number of hydrogen-bond acceptors (Lipinski definition) is 1. The first kappa shape index (κ1) is 13.9. The van der Waals surface area contributed by atoms with Gasteiger partial charge in [0.2, 0.25) is 0 Å². The Morgan fingerprint density at radius 1 is 0.789 bits per heavy atom. The lowest BCUT2D eigenvalue weighted by Gasteiger charge is -2.45. The molecule has 0 saturated heterocycles. The number of aliphatic hydroxyl groups is 1. The van der Waals surface area contributed by atoms with Crippen LogP contribution in [0.4, 0.5) is 0 Å². The van der Waals surface area contributed by atoms with Gasteiger partial charge >= 0.3 is 0 Å². The minimum atomic E-state index is -0.00332. The van der Waals surface area contributed by atoms with Gasteiger partial charge in [-0.2, -0.15) is 0 Å². The number of hydrogen-bond donors (Lipinski definition) is 1. The Bertz CT molecular complexity index is 327. The van der Waals surface area contributed by atoms with Crippen LogP contribution in [0.25, 0.3) is 0 Å². The van der Waals surface area contributed by atoms with E-state index >= 15 is 0 Å². The molecule has 0 aromatic rings. The van der Waals surface area contributed by atoms with Crippen molar-refractivity contribution in [3.63, 3.8) is 0 Å². The van der Waals surface area contributed by atoms with Crippen molar-refractivity contribution in [2.24, 2.45) is 28.6 Å². The normalized spacial score (nSPS) is 49.9. The maximum atomic E-state index is 9.79. The molecular formula is C18H32O. The van der Waals surface area contributed by atoms with E-state index in [1.54, 1.807) is 0 Å². The molecule has 1 heteroatoms. The lowest BCUT2D eigenvalue weighted by Crippen LogP contribution is -2.37. The molecule has 0 amide bonds. The van der Waals surface area contributed by atoms with Crippen LogP contribution < -0.4 is 0 Å². The zero-order chi connectivity index (χ0) is 13.7. The third kappa shape index (κ3) is 2.26. The summed E-state index contributed by atoms with van der Waals surface area (Å²) >= 11 is 0. The molecule has 0 bridgehead atoms. The van der Waals surface area contributed by atoms with Gasteiger partial charge in [0.25, 0.3) is 0 Å². The van der Waals surface area contributed by atoms with Crippen LogP contribution in [0.3, 0.4) is 0 Å². The molecule has 0 spiro atoms. The first-order valence-electron chi connectivity index (χ1n) is 8.61. The Hall–Kier alpha value is -0.0400. The minimum absolute atomic E-state index is 0.00332. The van der Waals surface area contributed by atoms with E-state index in [2.05, 4.69) is 20.8 Å². The first-order chi connectivity index (χ1) is 8.93. The fraction of sp³-hybridized carbons (Fsp3) is 1.00. The maximum absolute atomic E-state index is 9.79. The second kappa shape index (κ2) is 4.76. The second-order valence-electron chi connectivity index (χ2n) is 8.67. The Morgan fingerprint density at radius 3 is 2.00 bits per heavy atom. The molecule has 3 aliphatic carbocycles. The fourth-order valence-electron chi connectivity index (χ4n) is 6.28. The second-order valence-corrected chi connectivity index (χ2v) is 8.67. The van der Waals surface area contributed by atoms with Crippen molar-refractivity contribution >= 4 is 0 Å². The maximum Gasteiger partial charge on any atom is 0.0540 e. The van der Waals surface area contributed by atoms with Gasteiger partial charge in [-0.1, -0.05) is 33.6 Å². The fourth-order valence-corrected chi connectivity index (χ4v) is 6.28. The van der Waals surface area contributed by atoms with Crippen molar-refractivity contribution in [1.82, 2.24) is 0 Å². The molecule has 0 radical (unpaired) electrons. The minimum Gasteiger partial charge on any atom is -0.393 e. The highest BCUT2D eigenvalue weighted by atomic mass is 16.3. The SMILES string of the molecule is CC1(C)CC(C)(C2CCC(O)CC2)C2CCCCC21. The molecule has 3 fully saturated rings. The van der Waals surface area contributed by atoms with Crippen LogP contribution in [0.5, 0.6) is 0 Å². The molecule has 0 aliphatic heterocycles. The van der Waals surface area contributed by atoms with E-state index in [9.17, 15) is 5.11 Å². The molecule has 19 heavy (non-hydrogen) atoms. The molecule has 0 aromatic heterocycles. The van der Waals surface area contributed by atoms with E-state index in [0.717, 1.165) is 30.6 Å². The Morgan fingerprint density at radius 2 is 1.37 bits per heavy atom. The lowest BCUT2D eigenvalue weighted by molar-refractivity contribution is 0.0197. The Kier molecular flexibility index (Phi) is 3.48. The largest absolute Gasteiger partial charge is 0.393 e. The van der Waals surface area contributed by atoms with Crippen molar-refractivity contribution in [2.45, 2.75) is 84.7 Å². The summed E-state index contributed by atoms with van der Waals surface area (Å²) in [5, 5.41) is 9.79. The van der Waals surface area contributed by atoms with Gasteiger partial charge in [0.15, 0.2) is 0 Å². The van der Waals surface area contributed by atoms with Crippen LogP contribution in [0, 0.1) is 28.6 Å². The zero-order valence-electron chi connectivity index (χ0n) is 13.1. The standard InChI is InChI=1S/C18H32O/c1-17(2)12-18(3,13-8-10-14(19)11-9-13)16-7-5-4-6-15(16)17/h13-16,19H,4-12H2,1-3H3. The lowest BCUT2D eigenvalue weighted by atomic mass is 9.61. The Balaban J connectivity index is 1.82. The van der Waals surface area contributed by atoms with Gasteiger partial charge in [0.05, 0.1) is 6.10 Å². The topological polar surface area (TPSA) is 20.2 Å². The summed E-state index contributed by atoms with van der Waals surface area (Å²) in [6, 6.07) is 0. The molecule has 1 N–H and O–H groups in total. The smallest absolute Gasteiger partial charge is 0.0540 e. The van der Waals surface area contributed by atoms with Gasteiger partial charge in [-0.3, -0.25) is 0 Å². The van der Waals surface area contributed by atoms with Gasteiger partial charge in [-0.25, -0.2) is 0 Å². The van der Waals surface area contributed by atoms with E-state index < -0.39 is 0 Å². The van der Waals surface area contributed by atoms with Gasteiger partial charge in [0, 0.05) is 0 Å². The molecular weight excluding hydrogens is 232 g/mol. The molecule has 110 valence electrons. The van der Waals surface area contributed by atoms with Crippen molar-refractivity contribution in [2.75, 3.05) is 0 Å². The summed E-state index contributed by atoms with van der Waals surface area (Å²) < 4.78 is 0. The highest BCUT2D eigenvalue weighted by Gasteiger charge is 2.57. The molecule has 3 rings (SSSR count). The van der Waals surface area contributed by atoms with Crippen molar-refractivity contribution in [3.05, 3.63) is 0 Å². The quantitative estimate of drug-likeness (QED) is 0.722. The number of fused-ring (bicyclic) bond motifs is 1. The summed E-state index contributed by atoms with van der Waals surface area (Å²) in [5.74, 6) is 2.82. The van der Waals surface area contributed by atoms with Crippen LogP contribution in [-0.2, 0) is 0 Å². The van der Waals surface area contributed by atoms with Crippen LogP contribution >= 0.6 is 0 Å². The van der Waals surface area contributed by atoms with Gasteiger partial charge in [-0.15, -0.1) is 0 Å². The highest BCUT2D eigenvalue weighted by Crippen LogP contribution is 2.65. The number of rotatable bonds is 1. The Labute approximate surface area is 119 Å². The van der Waals surface area contributed by atoms with E-state index in [1.165, 1.54) is 44.9 Å². The van der Waals surface area contributed by atoms with E-state index in [0.29, 0.717) is 10.8 Å². The molecule has 0 heterocycles. The van der Waals surface area contributed by atoms with Crippen molar-refractivity contribution in [1.29, 1.82) is 0 Å². The summed E-state index contributed by atoms with van der Waals surface area (Å²) in [6.07, 6.45) is 12.0. The number of aliphatic hydroxyl groups excluding tert-OH is 1. The predicted molar refractivity (Wildman–Crippen MR) is 79.9 cm³/mol. The molecule has 3 atom stereocenters. The van der Waals surface area contributed by atoms with E-state index in [4.69, 9.17) is 0 Å². The van der Waals surface area contributed by atoms with Crippen LogP contribution in [0.1, 0.15) is 78.6 Å². The van der Waals surface area contributed by atoms with Crippen LogP contribution in [-0.4, -0.2) is 11.2 Å². The zero-order valence-corrected chi connectivity index (χ0v) is 13.1. The molecule has 1 nitrogen and oxygen atoms in total. The van der Waals surface area contributed by atoms with E-state index in [-0.39, 0.29) is 6.10 Å². The summed E-state index contributed by atoms with van der Waals surface area (Å²) in [7, 11) is 0. The summed E-state index contributed by atoms with van der Waals surface area (Å²) in [4.78, 5) is 0. The third-order valence-electron chi connectivity index (χ3n) is 7.08. The molecule has 0 aromatic carbocycles. The van der Waals surface area contributed by atoms with Crippen LogP contribution in [0.15, 0.2) is 0 Å². The van der Waals surface area contributed by atoms with Gasteiger partial charge < -0.3 is 5.11 Å². The molecule has 3 aliphatic rings. The molecule has 3 unspecified atom stereocenters. The third-order valence-corrected chi connectivity index (χ3v) is 7.08. The predicted octanol–water partition coefficient (Wildman–Crippen LogP) is 4.78. The first-order valence-corrected chi connectivity index (χ1v) is 8.61. The van der Waals surface area contributed by atoms with E-state index in [1.807, 2.05) is 0 Å².